The van der Waals surface area contributed by atoms with E-state index >= 15 is 0 Å². The van der Waals surface area contributed by atoms with Gasteiger partial charge in [0.25, 0.3) is 5.91 Å². The lowest BCUT2D eigenvalue weighted by molar-refractivity contribution is -0.145. The molecule has 10 heteroatoms. The summed E-state index contributed by atoms with van der Waals surface area (Å²) in [5.74, 6) is -1.31. The third kappa shape index (κ3) is 8.18. The van der Waals surface area contributed by atoms with E-state index in [0.717, 1.165) is 37.1 Å². The second-order valence-corrected chi connectivity index (χ2v) is 10.5. The number of methoxy groups -OCH3 is 1. The molecule has 1 amide bonds. The molecule has 1 unspecified atom stereocenters. The Morgan fingerprint density at radius 3 is 2.19 bits per heavy atom. The summed E-state index contributed by atoms with van der Waals surface area (Å²) in [6.07, 6.45) is 1.13. The molecule has 220 valence electrons. The van der Waals surface area contributed by atoms with Crippen molar-refractivity contribution in [3.8, 4) is 0 Å². The number of anilines is 1. The minimum absolute atomic E-state index is 0.0495. The number of Topliss-reactive ketones (excluding diaryl/α,β-unsaturated/α-hetero) is 1. The summed E-state index contributed by atoms with van der Waals surface area (Å²) in [6.45, 7) is 3.74. The standard InChI is InChI=1S/C32H34ClN3O6/c1-21(30(38)23-11-13-27(33)14-12-23)42-29(37)20-34-19-26-10-9-25(32(40)41-2)17-28(26)35-18-22-5-7-24(8-6-22)31(39)36-15-3-4-16-36/h5-14,17,21,34-35H,3-4,15-16,18-20H2,1-2H3. The van der Waals surface area contributed by atoms with E-state index in [1.807, 2.05) is 29.2 Å². The number of likely N-dealkylation sites (tertiary alicyclic amines) is 1. The summed E-state index contributed by atoms with van der Waals surface area (Å²) in [4.78, 5) is 51.6. The predicted molar refractivity (Wildman–Crippen MR) is 160 cm³/mol. The van der Waals surface area contributed by atoms with Crippen molar-refractivity contribution in [2.24, 2.45) is 0 Å². The number of rotatable bonds is 12. The summed E-state index contributed by atoms with van der Waals surface area (Å²) < 4.78 is 10.2. The normalized spacial score (nSPS) is 13.4. The topological polar surface area (TPSA) is 114 Å². The van der Waals surface area contributed by atoms with Gasteiger partial charge < -0.3 is 25.0 Å². The predicted octanol–water partition coefficient (Wildman–Crippen LogP) is 4.88. The highest BCUT2D eigenvalue weighted by atomic mass is 35.5. The van der Waals surface area contributed by atoms with Crippen molar-refractivity contribution in [3.05, 3.63) is 99.6 Å². The fourth-order valence-corrected chi connectivity index (χ4v) is 4.77. The lowest BCUT2D eigenvalue weighted by Gasteiger charge is -2.16. The number of esters is 2. The van der Waals surface area contributed by atoms with Gasteiger partial charge in [0.2, 0.25) is 5.78 Å². The van der Waals surface area contributed by atoms with Crippen molar-refractivity contribution in [1.29, 1.82) is 0 Å². The van der Waals surface area contributed by atoms with Gasteiger partial charge in [-0.2, -0.15) is 0 Å². The van der Waals surface area contributed by atoms with E-state index in [-0.39, 0.29) is 18.2 Å². The van der Waals surface area contributed by atoms with Crippen LogP contribution in [0.1, 0.15) is 62.0 Å². The maximum atomic E-state index is 12.6. The van der Waals surface area contributed by atoms with Crippen molar-refractivity contribution in [3.63, 3.8) is 0 Å². The number of halogens is 1. The smallest absolute Gasteiger partial charge is 0.337 e. The summed E-state index contributed by atoms with van der Waals surface area (Å²) in [7, 11) is 1.32. The van der Waals surface area contributed by atoms with Crippen molar-refractivity contribution in [2.75, 3.05) is 32.1 Å². The molecular weight excluding hydrogens is 558 g/mol. The molecule has 1 heterocycles. The van der Waals surface area contributed by atoms with Gasteiger partial charge in [0.15, 0.2) is 6.10 Å². The molecule has 42 heavy (non-hydrogen) atoms. The Kier molecular flexibility index (Phi) is 10.7. The summed E-state index contributed by atoms with van der Waals surface area (Å²) in [5, 5.41) is 6.90. The average molecular weight is 592 g/mol. The number of amides is 1. The lowest BCUT2D eigenvalue weighted by Crippen LogP contribution is -2.30. The molecule has 1 fully saturated rings. The third-order valence-electron chi connectivity index (χ3n) is 7.00. The molecule has 0 aromatic heterocycles. The van der Waals surface area contributed by atoms with Gasteiger partial charge in [0, 0.05) is 48.0 Å². The van der Waals surface area contributed by atoms with Gasteiger partial charge in [0.05, 0.1) is 19.2 Å². The number of hydrogen-bond donors (Lipinski definition) is 2. The highest BCUT2D eigenvalue weighted by molar-refractivity contribution is 6.30. The largest absolute Gasteiger partial charge is 0.465 e. The molecule has 0 saturated carbocycles. The van der Waals surface area contributed by atoms with Gasteiger partial charge in [-0.15, -0.1) is 0 Å². The Morgan fingerprint density at radius 1 is 0.881 bits per heavy atom. The van der Waals surface area contributed by atoms with Gasteiger partial charge in [0.1, 0.15) is 0 Å². The van der Waals surface area contributed by atoms with Gasteiger partial charge in [-0.25, -0.2) is 4.79 Å². The van der Waals surface area contributed by atoms with Crippen molar-refractivity contribution < 1.29 is 28.7 Å². The first kappa shape index (κ1) is 30.7. The average Bonchev–Trinajstić information content (AvgIpc) is 3.55. The van der Waals surface area contributed by atoms with E-state index in [1.54, 1.807) is 42.5 Å². The Hall–Kier alpha value is -4.21. The SMILES string of the molecule is COC(=O)c1ccc(CNCC(=O)OC(C)C(=O)c2ccc(Cl)cc2)c(NCc2ccc(C(=O)N3CCCC3)cc2)c1. The van der Waals surface area contributed by atoms with Crippen molar-refractivity contribution in [2.45, 2.75) is 39.0 Å². The Balaban J connectivity index is 1.34. The van der Waals surface area contributed by atoms with Crippen LogP contribution in [-0.4, -0.2) is 61.4 Å². The molecule has 2 N–H and O–H groups in total. The molecule has 1 aliphatic heterocycles. The highest BCUT2D eigenvalue weighted by Crippen LogP contribution is 2.21. The molecule has 1 atom stereocenters. The number of ether oxygens (including phenoxy) is 2. The van der Waals surface area contributed by atoms with E-state index in [4.69, 9.17) is 21.1 Å². The zero-order chi connectivity index (χ0) is 30.1. The number of ketones is 1. The Morgan fingerprint density at radius 2 is 1.52 bits per heavy atom. The monoisotopic (exact) mass is 591 g/mol. The van der Waals surface area contributed by atoms with Gasteiger partial charge >= 0.3 is 11.9 Å². The zero-order valence-corrected chi connectivity index (χ0v) is 24.4. The van der Waals surface area contributed by atoms with Crippen LogP contribution in [-0.2, 0) is 27.4 Å². The number of hydrogen-bond acceptors (Lipinski definition) is 8. The maximum absolute atomic E-state index is 12.6. The van der Waals surface area contributed by atoms with E-state index in [1.165, 1.54) is 14.0 Å². The van der Waals surface area contributed by atoms with Crippen LogP contribution in [0.3, 0.4) is 0 Å². The fourth-order valence-electron chi connectivity index (χ4n) is 4.65. The van der Waals surface area contributed by atoms with Crippen LogP contribution in [0, 0.1) is 0 Å². The zero-order valence-electron chi connectivity index (χ0n) is 23.7. The minimum atomic E-state index is -0.950. The maximum Gasteiger partial charge on any atom is 0.337 e. The Bertz CT molecular complexity index is 1420. The van der Waals surface area contributed by atoms with Gasteiger partial charge in [-0.1, -0.05) is 29.8 Å². The van der Waals surface area contributed by atoms with Crippen LogP contribution in [0.25, 0.3) is 0 Å². The van der Waals surface area contributed by atoms with Crippen LogP contribution in [0.4, 0.5) is 5.69 Å². The highest BCUT2D eigenvalue weighted by Gasteiger charge is 2.20. The molecule has 9 nitrogen and oxygen atoms in total. The lowest BCUT2D eigenvalue weighted by atomic mass is 10.1. The van der Waals surface area contributed by atoms with Crippen LogP contribution in [0.5, 0.6) is 0 Å². The van der Waals surface area contributed by atoms with E-state index < -0.39 is 18.0 Å². The third-order valence-corrected chi connectivity index (χ3v) is 7.25. The van der Waals surface area contributed by atoms with Crippen molar-refractivity contribution in [1.82, 2.24) is 10.2 Å². The molecular formula is C32H34ClN3O6. The Labute approximate surface area is 250 Å². The number of nitrogens with zero attached hydrogens (tertiary/aromatic N) is 1. The molecule has 3 aromatic carbocycles. The van der Waals surface area contributed by atoms with E-state index in [9.17, 15) is 19.2 Å². The van der Waals surface area contributed by atoms with Crippen LogP contribution >= 0.6 is 11.6 Å². The summed E-state index contributed by atoms with van der Waals surface area (Å²) in [6, 6.07) is 19.0. The van der Waals surface area contributed by atoms with Gasteiger partial charge in [-0.3, -0.25) is 14.4 Å². The van der Waals surface area contributed by atoms with E-state index in [2.05, 4.69) is 10.6 Å². The minimum Gasteiger partial charge on any atom is -0.465 e. The first-order valence-electron chi connectivity index (χ1n) is 13.8. The molecule has 0 radical (unpaired) electrons. The molecule has 0 aliphatic carbocycles. The van der Waals surface area contributed by atoms with Crippen molar-refractivity contribution >= 4 is 40.9 Å². The van der Waals surface area contributed by atoms with Crippen LogP contribution < -0.4 is 10.6 Å². The molecule has 1 saturated heterocycles. The summed E-state index contributed by atoms with van der Waals surface area (Å²) in [5.41, 5.74) is 3.89. The molecule has 0 bridgehead atoms. The van der Waals surface area contributed by atoms with Crippen LogP contribution in [0.15, 0.2) is 66.7 Å². The second kappa shape index (κ2) is 14.6. The first-order chi connectivity index (χ1) is 20.2. The second-order valence-electron chi connectivity index (χ2n) is 10.0. The molecule has 1 aliphatic rings. The molecule has 3 aromatic rings. The number of carbonyl (C=O) groups is 4. The number of nitrogens with one attached hydrogen (secondary N) is 2. The summed E-state index contributed by atoms with van der Waals surface area (Å²) >= 11 is 5.87. The number of carbonyl (C=O) groups excluding carboxylic acids is 4. The quantitative estimate of drug-likeness (QED) is 0.226. The number of benzene rings is 3. The molecule has 4 rings (SSSR count). The van der Waals surface area contributed by atoms with Crippen LogP contribution in [0.2, 0.25) is 5.02 Å². The van der Waals surface area contributed by atoms with Gasteiger partial charge in [-0.05, 0) is 79.4 Å². The first-order valence-corrected chi connectivity index (χ1v) is 14.2. The van der Waals surface area contributed by atoms with E-state index in [0.29, 0.717) is 40.5 Å². The molecule has 0 spiro atoms. The fraction of sp³-hybridized carbons (Fsp3) is 0.312.